The first-order valence-corrected chi connectivity index (χ1v) is 6.45. The molecule has 0 aliphatic rings. The fourth-order valence-electron chi connectivity index (χ4n) is 1.36. The molecule has 1 aromatic carbocycles. The van der Waals surface area contributed by atoms with Gasteiger partial charge >= 0.3 is 5.97 Å². The Kier molecular flexibility index (Phi) is 8.11. The predicted molar refractivity (Wildman–Crippen MR) is 79.1 cm³/mol. The third-order valence-electron chi connectivity index (χ3n) is 2.40. The molecule has 2 aromatic rings. The number of hydrogen-bond donors (Lipinski definition) is 1. The summed E-state index contributed by atoms with van der Waals surface area (Å²) < 4.78 is 0. The van der Waals surface area contributed by atoms with Gasteiger partial charge in [0.2, 0.25) is 0 Å². The molecule has 22 heavy (non-hydrogen) atoms. The van der Waals surface area contributed by atoms with Crippen molar-refractivity contribution in [1.82, 2.24) is 0 Å². The van der Waals surface area contributed by atoms with Gasteiger partial charge in [0.1, 0.15) is 0 Å². The van der Waals surface area contributed by atoms with E-state index in [2.05, 4.69) is 11.9 Å². The van der Waals surface area contributed by atoms with Crippen molar-refractivity contribution in [1.29, 1.82) is 0 Å². The van der Waals surface area contributed by atoms with Crippen LogP contribution in [0.5, 0.6) is 0 Å². The molecule has 0 saturated carbocycles. The number of H-pyrrole nitrogens is 1. The predicted octanol–water partition coefficient (Wildman–Crippen LogP) is 1.04. The summed E-state index contributed by atoms with van der Waals surface area (Å²) in [5.74, 6) is -3.01. The number of carboxylic acids is 2. The van der Waals surface area contributed by atoms with Gasteiger partial charge in [-0.05, 0) is 24.6 Å². The highest BCUT2D eigenvalue weighted by atomic mass is 35.5. The molecular formula is C14H13Cl2NO5. The normalized spacial score (nSPS) is 9.05. The van der Waals surface area contributed by atoms with Crippen molar-refractivity contribution < 1.29 is 30.3 Å². The van der Waals surface area contributed by atoms with Crippen LogP contribution in [0.4, 0.5) is 0 Å². The zero-order valence-corrected chi connectivity index (χ0v) is 12.9. The summed E-state index contributed by atoms with van der Waals surface area (Å²) in [7, 11) is 0. The Labute approximate surface area is 136 Å². The number of carbonyl (C=O) groups excluding carboxylic acids is 1. The van der Waals surface area contributed by atoms with Gasteiger partial charge in [-0.1, -0.05) is 23.2 Å². The second-order valence-electron chi connectivity index (χ2n) is 3.98. The Balaban J connectivity index is 0.000000465. The molecule has 4 N–H and O–H groups in total. The summed E-state index contributed by atoms with van der Waals surface area (Å²) in [5.41, 5.74) is 0.352. The third kappa shape index (κ3) is 5.69. The van der Waals surface area contributed by atoms with E-state index in [0.717, 1.165) is 12.1 Å². The first-order chi connectivity index (χ1) is 9.82. The van der Waals surface area contributed by atoms with Crippen molar-refractivity contribution in [2.45, 2.75) is 6.92 Å². The lowest BCUT2D eigenvalue weighted by Crippen LogP contribution is -2.25. The van der Waals surface area contributed by atoms with E-state index in [0.29, 0.717) is 0 Å². The van der Waals surface area contributed by atoms with Crippen LogP contribution < -0.4 is 10.1 Å². The molecule has 8 heteroatoms. The molecule has 0 radical (unpaired) electrons. The van der Waals surface area contributed by atoms with Crippen molar-refractivity contribution in [2.75, 3.05) is 0 Å². The van der Waals surface area contributed by atoms with Crippen LogP contribution >= 0.6 is 23.2 Å². The average Bonchev–Trinajstić information content (AvgIpc) is 2.42. The molecule has 1 aromatic heterocycles. The average molecular weight is 346 g/mol. The minimum absolute atomic E-state index is 0. The van der Waals surface area contributed by atoms with Crippen LogP contribution in [0.15, 0.2) is 36.7 Å². The van der Waals surface area contributed by atoms with Crippen LogP contribution in [0.3, 0.4) is 0 Å². The molecule has 0 saturated heterocycles. The Bertz CT molecular complexity index is 623. The standard InChI is InChI=1S/C8H4Cl2O4.C6H7N.H2O/c9-5-1-3(7(11)12)4(8(13)14)2-6(5)10;1-6-2-4-7-5-3-6;/h1-2H,(H,11,12)(H,13,14);2-5H,1H3;1H2. The Hall–Kier alpha value is -2.15. The minimum Gasteiger partial charge on any atom is -0.545 e. The second-order valence-corrected chi connectivity index (χ2v) is 4.80. The minimum atomic E-state index is -1.61. The van der Waals surface area contributed by atoms with Gasteiger partial charge < -0.3 is 20.5 Å². The molecule has 2 rings (SSSR count). The maximum absolute atomic E-state index is 10.6. The number of aromatic carboxylic acids is 2. The van der Waals surface area contributed by atoms with Gasteiger partial charge in [-0.15, -0.1) is 0 Å². The van der Waals surface area contributed by atoms with Gasteiger partial charge in [-0.25, -0.2) is 9.78 Å². The highest BCUT2D eigenvalue weighted by Gasteiger charge is 2.13. The number of aromatic nitrogens is 1. The van der Waals surface area contributed by atoms with Gasteiger partial charge in [0, 0.05) is 17.7 Å². The maximum atomic E-state index is 10.6. The van der Waals surface area contributed by atoms with Gasteiger partial charge in [-0.3, -0.25) is 0 Å². The topological polar surface area (TPSA) is 123 Å². The lowest BCUT2D eigenvalue weighted by molar-refractivity contribution is -0.378. The van der Waals surface area contributed by atoms with Crippen molar-refractivity contribution in [2.24, 2.45) is 0 Å². The highest BCUT2D eigenvalue weighted by Crippen LogP contribution is 2.25. The summed E-state index contributed by atoms with van der Waals surface area (Å²) in [5, 5.41) is 19.1. The van der Waals surface area contributed by atoms with Gasteiger partial charge in [0.15, 0.2) is 12.4 Å². The number of carbonyl (C=O) groups is 2. The van der Waals surface area contributed by atoms with E-state index < -0.39 is 23.1 Å². The summed E-state index contributed by atoms with van der Waals surface area (Å²) in [6.07, 6.45) is 3.82. The fourth-order valence-corrected chi connectivity index (χ4v) is 1.69. The fraction of sp³-hybridized carbons (Fsp3) is 0.0714. The summed E-state index contributed by atoms with van der Waals surface area (Å²) in [6, 6.07) is 5.97. The van der Waals surface area contributed by atoms with Crippen molar-refractivity contribution >= 4 is 35.1 Å². The molecular weight excluding hydrogens is 333 g/mol. The van der Waals surface area contributed by atoms with E-state index in [9.17, 15) is 14.7 Å². The van der Waals surface area contributed by atoms with E-state index in [1.54, 1.807) is 0 Å². The lowest BCUT2D eigenvalue weighted by atomic mass is 10.1. The first kappa shape index (κ1) is 19.9. The molecule has 0 unspecified atom stereocenters. The van der Waals surface area contributed by atoms with Crippen molar-refractivity contribution in [3.05, 3.63) is 63.4 Å². The van der Waals surface area contributed by atoms with E-state index in [1.807, 2.05) is 24.5 Å². The molecule has 0 aliphatic heterocycles. The maximum Gasteiger partial charge on any atom is 0.336 e. The number of aromatic amines is 1. The molecule has 0 aliphatic carbocycles. The van der Waals surface area contributed by atoms with E-state index in [1.165, 1.54) is 5.56 Å². The zero-order chi connectivity index (χ0) is 16.0. The lowest BCUT2D eigenvalue weighted by Gasteiger charge is -2.08. The van der Waals surface area contributed by atoms with E-state index in [-0.39, 0.29) is 15.5 Å². The monoisotopic (exact) mass is 345 g/mol. The number of benzene rings is 1. The van der Waals surface area contributed by atoms with Gasteiger partial charge in [0.25, 0.3) is 0 Å². The van der Waals surface area contributed by atoms with Crippen LogP contribution in [0.1, 0.15) is 26.3 Å². The van der Waals surface area contributed by atoms with Crippen LogP contribution in [0, 0.1) is 6.92 Å². The van der Waals surface area contributed by atoms with Crippen molar-refractivity contribution in [3.8, 4) is 0 Å². The van der Waals surface area contributed by atoms with E-state index in [4.69, 9.17) is 28.3 Å². The number of halogens is 2. The zero-order valence-electron chi connectivity index (χ0n) is 11.4. The third-order valence-corrected chi connectivity index (χ3v) is 3.12. The van der Waals surface area contributed by atoms with Crippen LogP contribution in [0.2, 0.25) is 10.0 Å². The van der Waals surface area contributed by atoms with Crippen molar-refractivity contribution in [3.63, 3.8) is 0 Å². The molecule has 0 atom stereocenters. The second kappa shape index (κ2) is 8.99. The molecule has 0 fully saturated rings. The Morgan fingerprint density at radius 1 is 1.09 bits per heavy atom. The molecule has 0 amide bonds. The SMILES string of the molecule is Cc1cc[nH+]cc1.O.O=C([O-])c1cc(Cl)c(Cl)cc1C(=O)O. The molecule has 0 bridgehead atoms. The first-order valence-electron chi connectivity index (χ1n) is 5.69. The smallest absolute Gasteiger partial charge is 0.336 e. The number of pyridine rings is 1. The number of hydrogen-bond acceptors (Lipinski definition) is 3. The molecule has 1 heterocycles. The van der Waals surface area contributed by atoms with Gasteiger partial charge in [0.05, 0.1) is 21.6 Å². The Morgan fingerprint density at radius 3 is 1.86 bits per heavy atom. The molecule has 118 valence electrons. The number of rotatable bonds is 2. The summed E-state index contributed by atoms with van der Waals surface area (Å²) in [6.45, 7) is 2.06. The summed E-state index contributed by atoms with van der Waals surface area (Å²) >= 11 is 11.0. The quantitative estimate of drug-likeness (QED) is 0.872. The number of nitrogens with one attached hydrogen (secondary N) is 1. The molecule has 0 spiro atoms. The van der Waals surface area contributed by atoms with Crippen LogP contribution in [-0.2, 0) is 0 Å². The van der Waals surface area contributed by atoms with Gasteiger partial charge in [-0.2, -0.15) is 0 Å². The number of aryl methyl sites for hydroxylation is 1. The van der Waals surface area contributed by atoms with E-state index >= 15 is 0 Å². The Morgan fingerprint density at radius 2 is 1.55 bits per heavy atom. The number of carboxylic acid groups (broad SMARTS) is 2. The van der Waals surface area contributed by atoms with Crippen LogP contribution in [-0.4, -0.2) is 22.5 Å². The summed E-state index contributed by atoms with van der Waals surface area (Å²) in [4.78, 5) is 24.0. The highest BCUT2D eigenvalue weighted by molar-refractivity contribution is 6.42. The van der Waals surface area contributed by atoms with Crippen LogP contribution in [0.25, 0.3) is 0 Å². The molecule has 6 nitrogen and oxygen atoms in total. The largest absolute Gasteiger partial charge is 0.545 e.